The van der Waals surface area contributed by atoms with Gasteiger partial charge in [0.25, 0.3) is 0 Å². The van der Waals surface area contributed by atoms with Crippen LogP contribution in [0.3, 0.4) is 0 Å². The minimum Gasteiger partial charge on any atom is -0.493 e. The van der Waals surface area contributed by atoms with Gasteiger partial charge in [-0.25, -0.2) is 0 Å². The molecule has 0 N–H and O–H groups in total. The first kappa shape index (κ1) is 13.5. The van der Waals surface area contributed by atoms with Crippen LogP contribution in [0.2, 0.25) is 0 Å². The van der Waals surface area contributed by atoms with Crippen molar-refractivity contribution in [2.45, 2.75) is 9.79 Å². The summed E-state index contributed by atoms with van der Waals surface area (Å²) in [6, 6.07) is 13.2. The molecular formula is C15H14O3S. The van der Waals surface area contributed by atoms with Crippen LogP contribution in [0, 0.1) is 0 Å². The molecule has 98 valence electrons. The van der Waals surface area contributed by atoms with Gasteiger partial charge in [0.05, 0.1) is 14.2 Å². The Morgan fingerprint density at radius 1 is 1.00 bits per heavy atom. The third-order valence-electron chi connectivity index (χ3n) is 2.63. The van der Waals surface area contributed by atoms with Crippen molar-refractivity contribution < 1.29 is 14.3 Å². The van der Waals surface area contributed by atoms with E-state index in [1.54, 1.807) is 20.3 Å². The molecule has 4 heteroatoms. The predicted octanol–water partition coefficient (Wildman–Crippen LogP) is 3.67. The summed E-state index contributed by atoms with van der Waals surface area (Å²) in [7, 11) is 3.21. The highest BCUT2D eigenvalue weighted by atomic mass is 32.2. The molecule has 0 radical (unpaired) electrons. The van der Waals surface area contributed by atoms with Crippen LogP contribution in [0.15, 0.2) is 52.3 Å². The van der Waals surface area contributed by atoms with Crippen molar-refractivity contribution >= 4 is 18.0 Å². The number of carbonyl (C=O) groups is 1. The van der Waals surface area contributed by atoms with Gasteiger partial charge in [-0.2, -0.15) is 0 Å². The lowest BCUT2D eigenvalue weighted by Crippen LogP contribution is -1.90. The van der Waals surface area contributed by atoms with Crippen molar-refractivity contribution in [3.8, 4) is 11.5 Å². The highest BCUT2D eigenvalue weighted by molar-refractivity contribution is 7.99. The van der Waals surface area contributed by atoms with Crippen molar-refractivity contribution in [2.24, 2.45) is 0 Å². The number of hydrogen-bond acceptors (Lipinski definition) is 4. The first-order chi connectivity index (χ1) is 9.28. The van der Waals surface area contributed by atoms with Gasteiger partial charge in [0.2, 0.25) is 0 Å². The van der Waals surface area contributed by atoms with Gasteiger partial charge in [-0.05, 0) is 24.3 Å². The maximum Gasteiger partial charge on any atom is 0.161 e. The monoisotopic (exact) mass is 274 g/mol. The second kappa shape index (κ2) is 6.29. The first-order valence-corrected chi connectivity index (χ1v) is 6.54. The number of carbonyl (C=O) groups excluding carboxylic acids is 1. The summed E-state index contributed by atoms with van der Waals surface area (Å²) in [6.45, 7) is 0. The summed E-state index contributed by atoms with van der Waals surface area (Å²) in [5.41, 5.74) is 0.683. The highest BCUT2D eigenvalue weighted by Gasteiger charge is 2.07. The van der Waals surface area contributed by atoms with Crippen molar-refractivity contribution in [2.75, 3.05) is 14.2 Å². The molecule has 0 bridgehead atoms. The van der Waals surface area contributed by atoms with Gasteiger partial charge >= 0.3 is 0 Å². The Morgan fingerprint density at radius 2 is 1.74 bits per heavy atom. The van der Waals surface area contributed by atoms with Crippen LogP contribution in [-0.2, 0) is 0 Å². The predicted molar refractivity (Wildman–Crippen MR) is 75.5 cm³/mol. The fourth-order valence-electron chi connectivity index (χ4n) is 1.68. The molecule has 0 aliphatic rings. The summed E-state index contributed by atoms with van der Waals surface area (Å²) in [6.07, 6.45) is 0.864. The van der Waals surface area contributed by atoms with Crippen LogP contribution in [0.25, 0.3) is 0 Å². The van der Waals surface area contributed by atoms with Crippen LogP contribution in [-0.4, -0.2) is 20.5 Å². The van der Waals surface area contributed by atoms with Crippen molar-refractivity contribution in [3.63, 3.8) is 0 Å². The summed E-state index contributed by atoms with van der Waals surface area (Å²) >= 11 is 1.52. The van der Waals surface area contributed by atoms with Crippen LogP contribution in [0.4, 0.5) is 0 Å². The summed E-state index contributed by atoms with van der Waals surface area (Å²) in [5.74, 6) is 1.37. The summed E-state index contributed by atoms with van der Waals surface area (Å²) in [4.78, 5) is 12.9. The SMILES string of the molecule is COc1ccc(Sc2ccccc2C=O)cc1OC. The Hall–Kier alpha value is -1.94. The first-order valence-electron chi connectivity index (χ1n) is 5.72. The van der Waals surface area contributed by atoms with Crippen molar-refractivity contribution in [1.29, 1.82) is 0 Å². The molecule has 2 rings (SSSR count). The maximum atomic E-state index is 11.0. The van der Waals surface area contributed by atoms with Gasteiger partial charge < -0.3 is 9.47 Å². The van der Waals surface area contributed by atoms with Crippen molar-refractivity contribution in [3.05, 3.63) is 48.0 Å². The minimum atomic E-state index is 0.677. The smallest absolute Gasteiger partial charge is 0.161 e. The van der Waals surface area contributed by atoms with Crippen LogP contribution in [0.1, 0.15) is 10.4 Å². The Morgan fingerprint density at radius 3 is 2.42 bits per heavy atom. The standard InChI is InChI=1S/C15H14O3S/c1-17-13-8-7-12(9-14(13)18-2)19-15-6-4-3-5-11(15)10-16/h3-10H,1-2H3. The van der Waals surface area contributed by atoms with E-state index in [1.807, 2.05) is 36.4 Å². The summed E-state index contributed by atoms with van der Waals surface area (Å²) in [5, 5.41) is 0. The third-order valence-corrected chi connectivity index (χ3v) is 3.71. The van der Waals surface area contributed by atoms with E-state index in [0.717, 1.165) is 16.1 Å². The van der Waals surface area contributed by atoms with Crippen molar-refractivity contribution in [1.82, 2.24) is 0 Å². The fourth-order valence-corrected chi connectivity index (χ4v) is 2.61. The van der Waals surface area contributed by atoms with Crippen LogP contribution < -0.4 is 9.47 Å². The zero-order valence-corrected chi connectivity index (χ0v) is 11.6. The average molecular weight is 274 g/mol. The lowest BCUT2D eigenvalue weighted by Gasteiger charge is -2.10. The molecule has 0 atom stereocenters. The van der Waals surface area contributed by atoms with Crippen LogP contribution >= 0.6 is 11.8 Å². The average Bonchev–Trinajstić information content (AvgIpc) is 2.47. The number of aldehydes is 1. The Kier molecular flexibility index (Phi) is 4.47. The molecule has 0 aromatic heterocycles. The van der Waals surface area contributed by atoms with Gasteiger partial charge in [0, 0.05) is 15.4 Å². The molecular weight excluding hydrogens is 260 g/mol. The molecule has 0 spiro atoms. The zero-order valence-electron chi connectivity index (χ0n) is 10.8. The molecule has 0 heterocycles. The summed E-state index contributed by atoms with van der Waals surface area (Å²) < 4.78 is 10.5. The van der Waals surface area contributed by atoms with Crippen LogP contribution in [0.5, 0.6) is 11.5 Å². The van der Waals surface area contributed by atoms with Gasteiger partial charge in [-0.1, -0.05) is 30.0 Å². The highest BCUT2D eigenvalue weighted by Crippen LogP contribution is 2.36. The van der Waals surface area contributed by atoms with E-state index < -0.39 is 0 Å². The molecule has 0 aliphatic heterocycles. The van der Waals surface area contributed by atoms with Gasteiger partial charge in [-0.15, -0.1) is 0 Å². The molecule has 19 heavy (non-hydrogen) atoms. The Balaban J connectivity index is 2.30. The molecule has 0 saturated heterocycles. The second-order valence-electron chi connectivity index (χ2n) is 3.77. The van der Waals surface area contributed by atoms with E-state index in [2.05, 4.69) is 0 Å². The number of benzene rings is 2. The van der Waals surface area contributed by atoms with Gasteiger partial charge in [0.1, 0.15) is 0 Å². The zero-order chi connectivity index (χ0) is 13.7. The topological polar surface area (TPSA) is 35.5 Å². The molecule has 0 aliphatic carbocycles. The third kappa shape index (κ3) is 3.09. The van der Waals surface area contributed by atoms with E-state index in [0.29, 0.717) is 17.1 Å². The maximum absolute atomic E-state index is 11.0. The number of ether oxygens (including phenoxy) is 2. The number of rotatable bonds is 5. The van der Waals surface area contributed by atoms with E-state index >= 15 is 0 Å². The quantitative estimate of drug-likeness (QED) is 0.779. The Bertz CT molecular complexity index is 581. The van der Waals surface area contributed by atoms with E-state index in [-0.39, 0.29) is 0 Å². The Labute approximate surface area is 116 Å². The molecule has 2 aromatic rings. The molecule has 0 saturated carbocycles. The molecule has 0 amide bonds. The largest absolute Gasteiger partial charge is 0.493 e. The molecule has 0 fully saturated rings. The van der Waals surface area contributed by atoms with E-state index in [4.69, 9.17) is 9.47 Å². The number of methoxy groups -OCH3 is 2. The van der Waals surface area contributed by atoms with E-state index in [9.17, 15) is 4.79 Å². The molecule has 2 aromatic carbocycles. The van der Waals surface area contributed by atoms with Gasteiger partial charge in [0.15, 0.2) is 17.8 Å². The number of hydrogen-bond donors (Lipinski definition) is 0. The molecule has 3 nitrogen and oxygen atoms in total. The second-order valence-corrected chi connectivity index (χ2v) is 4.89. The lowest BCUT2D eigenvalue weighted by atomic mass is 10.2. The van der Waals surface area contributed by atoms with E-state index in [1.165, 1.54) is 11.8 Å². The molecule has 0 unspecified atom stereocenters. The van der Waals surface area contributed by atoms with Gasteiger partial charge in [-0.3, -0.25) is 4.79 Å². The fraction of sp³-hybridized carbons (Fsp3) is 0.133. The lowest BCUT2D eigenvalue weighted by molar-refractivity contribution is 0.112. The normalized spacial score (nSPS) is 10.0. The minimum absolute atomic E-state index is 0.677.